The van der Waals surface area contributed by atoms with Crippen molar-refractivity contribution in [3.05, 3.63) is 52.9 Å². The van der Waals surface area contributed by atoms with Gasteiger partial charge in [0.1, 0.15) is 11.5 Å². The molecule has 0 fully saturated rings. The molecule has 0 atom stereocenters. The van der Waals surface area contributed by atoms with Crippen LogP contribution < -0.4 is 9.47 Å². The number of thiophene rings is 1. The molecule has 0 bridgehead atoms. The summed E-state index contributed by atoms with van der Waals surface area (Å²) in [7, 11) is 1.64. The van der Waals surface area contributed by atoms with Gasteiger partial charge < -0.3 is 13.9 Å². The second-order valence-corrected chi connectivity index (χ2v) is 6.90. The number of nitrogens with zero attached hydrogens (tertiary/aromatic N) is 1. The van der Waals surface area contributed by atoms with Gasteiger partial charge in [-0.25, -0.2) is 4.98 Å². The minimum atomic E-state index is 0.634. The molecule has 0 N–H and O–H groups in total. The summed E-state index contributed by atoms with van der Waals surface area (Å²) in [6.07, 6.45) is 4.18. The molecule has 24 heavy (non-hydrogen) atoms. The quantitative estimate of drug-likeness (QED) is 0.498. The summed E-state index contributed by atoms with van der Waals surface area (Å²) in [5, 5.41) is 0. The SMILES string of the molecule is COc1ccccc1OCCCCc1ocnc1-c1ccc(Cl)s1. The second-order valence-electron chi connectivity index (χ2n) is 5.18. The van der Waals surface area contributed by atoms with Crippen LogP contribution in [0, 0.1) is 0 Å². The van der Waals surface area contributed by atoms with Crippen molar-refractivity contribution in [3.8, 4) is 22.1 Å². The Bertz CT molecular complexity index is 784. The normalized spacial score (nSPS) is 10.8. The van der Waals surface area contributed by atoms with E-state index >= 15 is 0 Å². The summed E-state index contributed by atoms with van der Waals surface area (Å²) in [5.41, 5.74) is 0.887. The molecule has 4 nitrogen and oxygen atoms in total. The second kappa shape index (κ2) is 8.22. The molecule has 0 radical (unpaired) electrons. The average molecular weight is 364 g/mol. The molecule has 0 saturated carbocycles. The van der Waals surface area contributed by atoms with Crippen LogP contribution in [0.5, 0.6) is 11.5 Å². The van der Waals surface area contributed by atoms with Crippen LogP contribution in [0.25, 0.3) is 10.6 Å². The molecule has 0 saturated heterocycles. The van der Waals surface area contributed by atoms with Gasteiger partial charge in [0.05, 0.1) is 22.9 Å². The summed E-state index contributed by atoms with van der Waals surface area (Å²) in [6, 6.07) is 11.5. The number of hydrogen-bond acceptors (Lipinski definition) is 5. The molecule has 0 spiro atoms. The molecule has 2 aromatic heterocycles. The number of oxazole rings is 1. The summed E-state index contributed by atoms with van der Waals surface area (Å²) < 4.78 is 17.3. The van der Waals surface area contributed by atoms with E-state index in [1.165, 1.54) is 17.7 Å². The molecule has 0 amide bonds. The van der Waals surface area contributed by atoms with Gasteiger partial charge in [0.15, 0.2) is 17.9 Å². The number of para-hydroxylation sites is 2. The Hall–Kier alpha value is -1.98. The molecule has 0 aliphatic carbocycles. The lowest BCUT2D eigenvalue weighted by Gasteiger charge is -2.09. The monoisotopic (exact) mass is 363 g/mol. The van der Waals surface area contributed by atoms with Gasteiger partial charge in [-0.1, -0.05) is 23.7 Å². The van der Waals surface area contributed by atoms with Crippen LogP contribution >= 0.6 is 22.9 Å². The van der Waals surface area contributed by atoms with Crippen molar-refractivity contribution in [2.45, 2.75) is 19.3 Å². The number of aromatic nitrogens is 1. The molecule has 0 unspecified atom stereocenters. The fourth-order valence-electron chi connectivity index (χ4n) is 2.40. The maximum absolute atomic E-state index is 5.99. The Morgan fingerprint density at radius 1 is 1.12 bits per heavy atom. The lowest BCUT2D eigenvalue weighted by molar-refractivity contribution is 0.285. The van der Waals surface area contributed by atoms with E-state index in [4.69, 9.17) is 25.5 Å². The first-order chi connectivity index (χ1) is 11.8. The van der Waals surface area contributed by atoms with Gasteiger partial charge >= 0.3 is 0 Å². The van der Waals surface area contributed by atoms with Crippen molar-refractivity contribution in [1.29, 1.82) is 0 Å². The van der Waals surface area contributed by atoms with Crippen molar-refractivity contribution in [2.24, 2.45) is 0 Å². The number of halogens is 1. The Labute approximate surface area is 150 Å². The topological polar surface area (TPSA) is 44.5 Å². The third kappa shape index (κ3) is 4.10. The smallest absolute Gasteiger partial charge is 0.181 e. The molecule has 0 aliphatic rings. The van der Waals surface area contributed by atoms with Crippen LogP contribution in [0.1, 0.15) is 18.6 Å². The highest BCUT2D eigenvalue weighted by Gasteiger charge is 2.12. The maximum Gasteiger partial charge on any atom is 0.181 e. The van der Waals surface area contributed by atoms with E-state index < -0.39 is 0 Å². The van der Waals surface area contributed by atoms with E-state index in [-0.39, 0.29) is 0 Å². The molecular formula is C18H18ClNO3S. The molecule has 1 aromatic carbocycles. The third-order valence-corrected chi connectivity index (χ3v) is 4.81. The number of ether oxygens (including phenoxy) is 2. The molecule has 3 rings (SSSR count). The van der Waals surface area contributed by atoms with E-state index in [1.54, 1.807) is 7.11 Å². The third-order valence-electron chi connectivity index (χ3n) is 3.57. The molecule has 3 aromatic rings. The summed E-state index contributed by atoms with van der Waals surface area (Å²) in [4.78, 5) is 5.34. The van der Waals surface area contributed by atoms with Crippen molar-refractivity contribution < 1.29 is 13.9 Å². The zero-order chi connectivity index (χ0) is 16.8. The minimum Gasteiger partial charge on any atom is -0.493 e. The molecule has 6 heteroatoms. The number of aryl methyl sites for hydroxylation is 1. The number of methoxy groups -OCH3 is 1. The minimum absolute atomic E-state index is 0.634. The molecular weight excluding hydrogens is 346 g/mol. The van der Waals surface area contributed by atoms with Crippen LogP contribution in [0.3, 0.4) is 0 Å². The van der Waals surface area contributed by atoms with Crippen molar-refractivity contribution in [1.82, 2.24) is 4.98 Å². The number of rotatable bonds is 8. The zero-order valence-corrected chi connectivity index (χ0v) is 14.9. The molecule has 0 aliphatic heterocycles. The summed E-state index contributed by atoms with van der Waals surface area (Å²) >= 11 is 7.50. The predicted octanol–water partition coefficient (Wildman–Crippen LogP) is 5.47. The summed E-state index contributed by atoms with van der Waals surface area (Å²) in [5.74, 6) is 2.42. The van der Waals surface area contributed by atoms with Gasteiger partial charge in [-0.2, -0.15) is 0 Å². The fraction of sp³-hybridized carbons (Fsp3) is 0.278. The first-order valence-corrected chi connectivity index (χ1v) is 8.91. The van der Waals surface area contributed by atoms with Crippen LogP contribution in [0.15, 0.2) is 47.2 Å². The van der Waals surface area contributed by atoms with E-state index in [0.29, 0.717) is 6.61 Å². The number of benzene rings is 1. The number of hydrogen-bond donors (Lipinski definition) is 0. The zero-order valence-electron chi connectivity index (χ0n) is 13.3. The van der Waals surface area contributed by atoms with Crippen molar-refractivity contribution in [3.63, 3.8) is 0 Å². The van der Waals surface area contributed by atoms with Crippen LogP contribution in [-0.4, -0.2) is 18.7 Å². The van der Waals surface area contributed by atoms with Crippen molar-refractivity contribution >= 4 is 22.9 Å². The number of unbranched alkanes of at least 4 members (excludes halogenated alkanes) is 1. The van der Waals surface area contributed by atoms with E-state index in [0.717, 1.165) is 51.4 Å². The molecule has 2 heterocycles. The van der Waals surface area contributed by atoms with Gasteiger partial charge in [0.2, 0.25) is 0 Å². The van der Waals surface area contributed by atoms with Gasteiger partial charge in [-0.3, -0.25) is 0 Å². The van der Waals surface area contributed by atoms with Crippen molar-refractivity contribution in [2.75, 3.05) is 13.7 Å². The highest BCUT2D eigenvalue weighted by Crippen LogP contribution is 2.32. The van der Waals surface area contributed by atoms with Crippen LogP contribution in [-0.2, 0) is 6.42 Å². The highest BCUT2D eigenvalue weighted by molar-refractivity contribution is 7.19. The first-order valence-electron chi connectivity index (χ1n) is 7.72. The fourth-order valence-corrected chi connectivity index (χ4v) is 3.46. The van der Waals surface area contributed by atoms with Gasteiger partial charge in [0, 0.05) is 6.42 Å². The largest absolute Gasteiger partial charge is 0.493 e. The highest BCUT2D eigenvalue weighted by atomic mass is 35.5. The van der Waals surface area contributed by atoms with Gasteiger partial charge in [0.25, 0.3) is 0 Å². The van der Waals surface area contributed by atoms with E-state index in [1.807, 2.05) is 36.4 Å². The Balaban J connectivity index is 1.48. The predicted molar refractivity (Wildman–Crippen MR) is 96.3 cm³/mol. The Morgan fingerprint density at radius 3 is 2.71 bits per heavy atom. The summed E-state index contributed by atoms with van der Waals surface area (Å²) in [6.45, 7) is 0.634. The van der Waals surface area contributed by atoms with Gasteiger partial charge in [-0.15, -0.1) is 11.3 Å². The molecule has 126 valence electrons. The maximum atomic E-state index is 5.99. The Morgan fingerprint density at radius 2 is 1.96 bits per heavy atom. The van der Waals surface area contributed by atoms with E-state index in [2.05, 4.69) is 4.98 Å². The van der Waals surface area contributed by atoms with Gasteiger partial charge in [-0.05, 0) is 37.1 Å². The lowest BCUT2D eigenvalue weighted by Crippen LogP contribution is -2.00. The standard InChI is InChI=1S/C18H18ClNO3S/c1-21-13-6-2-3-7-14(13)22-11-5-4-8-15-18(20-12-23-15)16-9-10-17(19)24-16/h2-3,6-7,9-10,12H,4-5,8,11H2,1H3. The van der Waals surface area contributed by atoms with Crippen LogP contribution in [0.4, 0.5) is 0 Å². The lowest BCUT2D eigenvalue weighted by atomic mass is 10.1. The van der Waals surface area contributed by atoms with E-state index in [9.17, 15) is 0 Å². The Kier molecular flexibility index (Phi) is 5.77. The first kappa shape index (κ1) is 16.9. The van der Waals surface area contributed by atoms with Crippen LogP contribution in [0.2, 0.25) is 4.34 Å². The average Bonchev–Trinajstić information content (AvgIpc) is 3.23.